The molecule has 0 aliphatic carbocycles. The first-order chi connectivity index (χ1) is 9.60. The van der Waals surface area contributed by atoms with E-state index in [4.69, 9.17) is 14.4 Å². The molecular weight excluding hydrogens is 271 g/mol. The maximum absolute atomic E-state index is 8.74. The molecule has 0 aromatic heterocycles. The number of benzene rings is 2. The first-order valence-corrected chi connectivity index (χ1v) is 7.90. The van der Waals surface area contributed by atoms with E-state index < -0.39 is 8.25 Å². The van der Waals surface area contributed by atoms with Crippen LogP contribution in [0.15, 0.2) is 60.7 Å². The minimum atomic E-state index is -3.13. The molecule has 4 heteroatoms. The fourth-order valence-electron chi connectivity index (χ4n) is 1.43. The van der Waals surface area contributed by atoms with E-state index in [-0.39, 0.29) is 0 Å². The van der Waals surface area contributed by atoms with Crippen LogP contribution < -0.4 is 0 Å². The molecule has 0 aliphatic heterocycles. The minimum Gasteiger partial charge on any atom is -0.326 e. The van der Waals surface area contributed by atoms with Gasteiger partial charge in [-0.3, -0.25) is 4.57 Å². The zero-order valence-electron chi connectivity index (χ0n) is 12.0. The second-order valence-corrected chi connectivity index (χ2v) is 4.53. The highest BCUT2D eigenvalue weighted by molar-refractivity contribution is 7.30. The Hall–Kier alpha value is -1.41. The highest BCUT2D eigenvalue weighted by Gasteiger charge is 1.80. The Kier molecular flexibility index (Phi) is 11.7. The highest BCUT2D eigenvalue weighted by atomic mass is 31.1. The van der Waals surface area contributed by atoms with Crippen molar-refractivity contribution in [1.82, 2.24) is 0 Å². The van der Waals surface area contributed by atoms with Gasteiger partial charge in [0, 0.05) is 0 Å². The largest absolute Gasteiger partial charge is 0.326 e. The van der Waals surface area contributed by atoms with E-state index in [1.807, 2.05) is 12.1 Å². The number of hydrogen-bond acceptors (Lipinski definition) is 1. The van der Waals surface area contributed by atoms with Crippen molar-refractivity contribution in [3.63, 3.8) is 0 Å². The second kappa shape index (κ2) is 12.6. The fraction of sp³-hybridized carbons (Fsp3) is 0.250. The van der Waals surface area contributed by atoms with E-state index in [0.29, 0.717) is 0 Å². The lowest BCUT2D eigenvalue weighted by Gasteiger charge is -1.89. The third-order valence-corrected chi connectivity index (χ3v) is 2.50. The van der Waals surface area contributed by atoms with Gasteiger partial charge in [0.1, 0.15) is 0 Å². The van der Waals surface area contributed by atoms with E-state index in [9.17, 15) is 0 Å². The van der Waals surface area contributed by atoms with Gasteiger partial charge in [0.15, 0.2) is 0 Å². The summed E-state index contributed by atoms with van der Waals surface area (Å²) in [6, 6.07) is 20.9. The summed E-state index contributed by atoms with van der Waals surface area (Å²) >= 11 is 0. The molecular formula is C16H23O3P. The Morgan fingerprint density at radius 1 is 0.750 bits per heavy atom. The second-order valence-electron chi connectivity index (χ2n) is 3.96. The van der Waals surface area contributed by atoms with Crippen LogP contribution in [0.5, 0.6) is 0 Å². The van der Waals surface area contributed by atoms with Crippen molar-refractivity contribution in [3.8, 4) is 0 Å². The third kappa shape index (κ3) is 11.7. The molecule has 0 saturated carbocycles. The average Bonchev–Trinajstić information content (AvgIpc) is 2.49. The molecule has 110 valence electrons. The molecule has 0 saturated heterocycles. The van der Waals surface area contributed by atoms with Crippen LogP contribution in [0.4, 0.5) is 0 Å². The van der Waals surface area contributed by atoms with Crippen molar-refractivity contribution in [2.45, 2.75) is 26.7 Å². The zero-order chi connectivity index (χ0) is 15.2. The summed E-state index contributed by atoms with van der Waals surface area (Å²) in [5, 5.41) is 0. The van der Waals surface area contributed by atoms with Crippen LogP contribution in [0.3, 0.4) is 0 Å². The summed E-state index contributed by atoms with van der Waals surface area (Å²) < 4.78 is 8.74. The normalized spacial score (nSPS) is 9.05. The van der Waals surface area contributed by atoms with E-state index in [0.717, 1.165) is 12.8 Å². The van der Waals surface area contributed by atoms with Crippen LogP contribution in [-0.4, -0.2) is 9.79 Å². The standard InChI is InChI=1S/2C8H10.H3O3P/c2*1-2-8-6-4-3-5-7-8;1-4(2)3/h2*3-7H,2H2,1H3;4H,(H2,1,2,3). The number of hydrogen-bond donors (Lipinski definition) is 2. The van der Waals surface area contributed by atoms with Crippen molar-refractivity contribution in [2.75, 3.05) is 0 Å². The van der Waals surface area contributed by atoms with Crippen LogP contribution in [-0.2, 0) is 17.4 Å². The van der Waals surface area contributed by atoms with Crippen LogP contribution in [0, 0.1) is 0 Å². The van der Waals surface area contributed by atoms with E-state index >= 15 is 0 Å². The monoisotopic (exact) mass is 294 g/mol. The van der Waals surface area contributed by atoms with Gasteiger partial charge in [-0.15, -0.1) is 0 Å². The molecule has 0 heterocycles. The first-order valence-electron chi connectivity index (χ1n) is 6.59. The van der Waals surface area contributed by atoms with Crippen molar-refractivity contribution < 1.29 is 14.4 Å². The van der Waals surface area contributed by atoms with Gasteiger partial charge in [-0.25, -0.2) is 0 Å². The summed E-state index contributed by atoms with van der Waals surface area (Å²) in [5.74, 6) is 0. The molecule has 3 nitrogen and oxygen atoms in total. The summed E-state index contributed by atoms with van der Waals surface area (Å²) in [5.41, 5.74) is 2.82. The molecule has 0 radical (unpaired) electrons. The molecule has 0 unspecified atom stereocenters. The molecule has 0 fully saturated rings. The van der Waals surface area contributed by atoms with Gasteiger partial charge in [0.05, 0.1) is 0 Å². The van der Waals surface area contributed by atoms with Crippen molar-refractivity contribution in [3.05, 3.63) is 71.8 Å². The third-order valence-electron chi connectivity index (χ3n) is 2.50. The topological polar surface area (TPSA) is 57.5 Å². The van der Waals surface area contributed by atoms with E-state index in [1.54, 1.807) is 0 Å². The maximum Gasteiger partial charge on any atom is 0.314 e. The molecule has 2 rings (SSSR count). The fourth-order valence-corrected chi connectivity index (χ4v) is 1.43. The minimum absolute atomic E-state index is 1.14. The molecule has 2 aromatic carbocycles. The van der Waals surface area contributed by atoms with Crippen LogP contribution >= 0.6 is 8.25 Å². The van der Waals surface area contributed by atoms with Gasteiger partial charge in [-0.2, -0.15) is 0 Å². The zero-order valence-corrected chi connectivity index (χ0v) is 13.0. The van der Waals surface area contributed by atoms with Gasteiger partial charge in [0.2, 0.25) is 0 Å². The number of aryl methyl sites for hydroxylation is 2. The lowest BCUT2D eigenvalue weighted by Crippen LogP contribution is -1.73. The van der Waals surface area contributed by atoms with Crippen LogP contribution in [0.2, 0.25) is 0 Å². The molecule has 0 spiro atoms. The first kappa shape index (κ1) is 18.6. The Labute approximate surface area is 121 Å². The molecule has 20 heavy (non-hydrogen) atoms. The van der Waals surface area contributed by atoms with Crippen molar-refractivity contribution in [2.24, 2.45) is 0 Å². The van der Waals surface area contributed by atoms with Gasteiger partial charge >= 0.3 is 8.25 Å². The summed E-state index contributed by atoms with van der Waals surface area (Å²) in [6.45, 7) is 4.32. The molecule has 0 amide bonds. The van der Waals surface area contributed by atoms with Crippen molar-refractivity contribution >= 4 is 8.25 Å². The number of rotatable bonds is 2. The molecule has 0 bridgehead atoms. The van der Waals surface area contributed by atoms with Gasteiger partial charge in [0.25, 0.3) is 0 Å². The molecule has 0 atom stereocenters. The lowest BCUT2D eigenvalue weighted by atomic mass is 10.2. The molecule has 2 N–H and O–H groups in total. The van der Waals surface area contributed by atoms with E-state index in [2.05, 4.69) is 62.4 Å². The van der Waals surface area contributed by atoms with Gasteiger partial charge in [-0.1, -0.05) is 74.5 Å². The summed E-state index contributed by atoms with van der Waals surface area (Å²) in [4.78, 5) is 14.3. The van der Waals surface area contributed by atoms with Gasteiger partial charge < -0.3 is 9.79 Å². The average molecular weight is 294 g/mol. The summed E-state index contributed by atoms with van der Waals surface area (Å²) in [7, 11) is -3.13. The Morgan fingerprint density at radius 2 is 1.00 bits per heavy atom. The SMILES string of the molecule is CCc1ccccc1.CCc1ccccc1.O=[PH](O)O. The van der Waals surface area contributed by atoms with Crippen LogP contribution in [0.1, 0.15) is 25.0 Å². The van der Waals surface area contributed by atoms with E-state index in [1.165, 1.54) is 11.1 Å². The predicted molar refractivity (Wildman–Crippen MR) is 85.1 cm³/mol. The predicted octanol–water partition coefficient (Wildman–Crippen LogP) is 3.86. The Bertz CT molecular complexity index is 414. The highest BCUT2D eigenvalue weighted by Crippen LogP contribution is 1.98. The lowest BCUT2D eigenvalue weighted by molar-refractivity contribution is 0.405. The van der Waals surface area contributed by atoms with Crippen LogP contribution in [0.25, 0.3) is 0 Å². The Balaban J connectivity index is 0.000000289. The smallest absolute Gasteiger partial charge is 0.314 e. The summed E-state index contributed by atoms with van der Waals surface area (Å²) in [6.07, 6.45) is 2.28. The quantitative estimate of drug-likeness (QED) is 0.827. The Morgan fingerprint density at radius 3 is 1.15 bits per heavy atom. The van der Waals surface area contributed by atoms with Gasteiger partial charge in [-0.05, 0) is 24.0 Å². The molecule has 0 aliphatic rings. The maximum atomic E-state index is 8.74. The molecule has 2 aromatic rings. The van der Waals surface area contributed by atoms with Crippen molar-refractivity contribution in [1.29, 1.82) is 0 Å².